The average Bonchev–Trinajstić information content (AvgIpc) is 3.02. The van der Waals surface area contributed by atoms with Gasteiger partial charge in [-0.3, -0.25) is 10.1 Å². The van der Waals surface area contributed by atoms with Gasteiger partial charge in [0.2, 0.25) is 10.0 Å². The van der Waals surface area contributed by atoms with Crippen LogP contribution < -0.4 is 9.62 Å². The molecule has 0 saturated carbocycles. The van der Waals surface area contributed by atoms with Gasteiger partial charge >= 0.3 is 0 Å². The zero-order valence-electron chi connectivity index (χ0n) is 15.7. The summed E-state index contributed by atoms with van der Waals surface area (Å²) in [7, 11) is -3.85. The maximum absolute atomic E-state index is 12.6. The van der Waals surface area contributed by atoms with E-state index < -0.39 is 20.5 Å². The quantitative estimate of drug-likeness (QED) is 0.611. The number of hydrogen-bond donors (Lipinski definition) is 1. The van der Waals surface area contributed by atoms with Gasteiger partial charge in [-0.25, -0.2) is 13.1 Å². The second-order valence-corrected chi connectivity index (χ2v) is 10.4. The molecule has 27 heavy (non-hydrogen) atoms. The number of nitro benzene ring substituents is 1. The third-order valence-corrected chi connectivity index (χ3v) is 7.23. The molecule has 1 aliphatic rings. The molecular weight excluding hydrogens is 386 g/mol. The summed E-state index contributed by atoms with van der Waals surface area (Å²) >= 11 is 1.70. The summed E-state index contributed by atoms with van der Waals surface area (Å²) in [6.07, 6.45) is 0.820. The molecule has 0 bridgehead atoms. The average molecular weight is 410 g/mol. The number of nitrogens with one attached hydrogen (secondary N) is 1. The van der Waals surface area contributed by atoms with E-state index in [1.807, 2.05) is 17.2 Å². The van der Waals surface area contributed by atoms with Crippen LogP contribution in [0.3, 0.4) is 0 Å². The van der Waals surface area contributed by atoms with Gasteiger partial charge in [0.1, 0.15) is 5.69 Å². The predicted molar refractivity (Wildman–Crippen MR) is 107 cm³/mol. The van der Waals surface area contributed by atoms with Crippen LogP contribution >= 0.6 is 11.3 Å². The normalized spacial score (nSPS) is 17.6. The van der Waals surface area contributed by atoms with Crippen molar-refractivity contribution in [3.05, 3.63) is 50.2 Å². The van der Waals surface area contributed by atoms with Crippen molar-refractivity contribution in [3.63, 3.8) is 0 Å². The molecule has 2 heterocycles. The molecular formula is C18H23N3O4S2. The standard InChI is InChI=1S/C18H23N3O4S2/c1-12-14-8-10-26-17(14)7-9-20(12)15-6-5-13(11-16(15)21(22)23)27(24,25)19-18(2,3)4/h5-6,8,10-12,19H,7,9H2,1-4H3/t12-/m0/s1. The lowest BCUT2D eigenvalue weighted by Gasteiger charge is -2.35. The second kappa shape index (κ2) is 6.88. The van der Waals surface area contributed by atoms with Crippen LogP contribution in [0, 0.1) is 10.1 Å². The van der Waals surface area contributed by atoms with Crippen LogP contribution in [0.1, 0.15) is 44.2 Å². The molecule has 9 heteroatoms. The number of nitro groups is 1. The van der Waals surface area contributed by atoms with Crippen molar-refractivity contribution in [2.45, 2.75) is 50.6 Å². The zero-order chi connectivity index (χ0) is 20.0. The zero-order valence-corrected chi connectivity index (χ0v) is 17.4. The Morgan fingerprint density at radius 3 is 2.63 bits per heavy atom. The van der Waals surface area contributed by atoms with Gasteiger partial charge in [0.15, 0.2) is 0 Å². The van der Waals surface area contributed by atoms with Crippen LogP contribution in [-0.2, 0) is 16.4 Å². The summed E-state index contributed by atoms with van der Waals surface area (Å²) in [5.41, 5.74) is 0.742. The summed E-state index contributed by atoms with van der Waals surface area (Å²) in [6.45, 7) is 7.84. The first-order chi connectivity index (χ1) is 12.5. The summed E-state index contributed by atoms with van der Waals surface area (Å²) in [5.74, 6) is 0. The number of fused-ring (bicyclic) bond motifs is 1. The van der Waals surface area contributed by atoms with Crippen molar-refractivity contribution in [2.24, 2.45) is 0 Å². The first-order valence-corrected chi connectivity index (χ1v) is 11.0. The van der Waals surface area contributed by atoms with E-state index in [9.17, 15) is 18.5 Å². The van der Waals surface area contributed by atoms with Gasteiger partial charge < -0.3 is 4.90 Å². The van der Waals surface area contributed by atoms with E-state index in [-0.39, 0.29) is 16.6 Å². The Morgan fingerprint density at radius 2 is 2.00 bits per heavy atom. The monoisotopic (exact) mass is 409 g/mol. The van der Waals surface area contributed by atoms with E-state index in [0.717, 1.165) is 12.5 Å². The van der Waals surface area contributed by atoms with E-state index in [1.54, 1.807) is 38.2 Å². The Morgan fingerprint density at radius 1 is 1.30 bits per heavy atom. The summed E-state index contributed by atoms with van der Waals surface area (Å²) in [6, 6.07) is 6.18. The Hall–Kier alpha value is -1.97. The molecule has 2 aromatic rings. The molecule has 7 nitrogen and oxygen atoms in total. The molecule has 0 amide bonds. The van der Waals surface area contributed by atoms with Crippen LogP contribution in [0.4, 0.5) is 11.4 Å². The highest BCUT2D eigenvalue weighted by Gasteiger charge is 2.31. The van der Waals surface area contributed by atoms with Crippen LogP contribution in [0.2, 0.25) is 0 Å². The smallest absolute Gasteiger partial charge is 0.293 e. The minimum Gasteiger partial charge on any atom is -0.359 e. The Bertz CT molecular complexity index is 977. The van der Waals surface area contributed by atoms with E-state index >= 15 is 0 Å². The lowest BCUT2D eigenvalue weighted by molar-refractivity contribution is -0.384. The van der Waals surface area contributed by atoms with Gasteiger partial charge in [-0.15, -0.1) is 11.3 Å². The van der Waals surface area contributed by atoms with Crippen molar-refractivity contribution >= 4 is 32.7 Å². The van der Waals surface area contributed by atoms with E-state index in [4.69, 9.17) is 0 Å². The van der Waals surface area contributed by atoms with Crippen molar-refractivity contribution in [3.8, 4) is 0 Å². The molecule has 146 valence electrons. The minimum absolute atomic E-state index is 0.00569. The van der Waals surface area contributed by atoms with Crippen molar-refractivity contribution in [1.29, 1.82) is 0 Å². The minimum atomic E-state index is -3.85. The van der Waals surface area contributed by atoms with Gasteiger partial charge in [0.05, 0.1) is 15.9 Å². The topological polar surface area (TPSA) is 92.6 Å². The number of benzene rings is 1. The second-order valence-electron chi connectivity index (χ2n) is 7.68. The first kappa shape index (κ1) is 19.8. The number of thiophene rings is 1. The van der Waals surface area contributed by atoms with Crippen molar-refractivity contribution in [2.75, 3.05) is 11.4 Å². The number of nitrogens with zero attached hydrogens (tertiary/aromatic N) is 2. The highest BCUT2D eigenvalue weighted by Crippen LogP contribution is 2.40. The highest BCUT2D eigenvalue weighted by molar-refractivity contribution is 7.89. The van der Waals surface area contributed by atoms with Crippen LogP contribution in [0.25, 0.3) is 0 Å². The maximum Gasteiger partial charge on any atom is 0.293 e. The number of hydrogen-bond acceptors (Lipinski definition) is 6. The van der Waals surface area contributed by atoms with Gasteiger partial charge in [-0.1, -0.05) is 0 Å². The van der Waals surface area contributed by atoms with E-state index in [2.05, 4.69) is 10.8 Å². The van der Waals surface area contributed by atoms with Crippen LogP contribution in [0.15, 0.2) is 34.5 Å². The Labute approximate surface area is 163 Å². The molecule has 0 saturated heterocycles. The molecule has 0 spiro atoms. The third kappa shape index (κ3) is 3.99. The van der Waals surface area contributed by atoms with Gasteiger partial charge in [0.25, 0.3) is 5.69 Å². The molecule has 1 aromatic heterocycles. The number of rotatable bonds is 4. The fourth-order valence-electron chi connectivity index (χ4n) is 3.36. The lowest BCUT2D eigenvalue weighted by Crippen LogP contribution is -2.40. The van der Waals surface area contributed by atoms with Crippen LogP contribution in [0.5, 0.6) is 0 Å². The molecule has 0 unspecified atom stereocenters. The van der Waals surface area contributed by atoms with Crippen LogP contribution in [-0.4, -0.2) is 25.4 Å². The molecule has 1 N–H and O–H groups in total. The highest BCUT2D eigenvalue weighted by atomic mass is 32.2. The van der Waals surface area contributed by atoms with Gasteiger partial charge in [0, 0.05) is 23.0 Å². The predicted octanol–water partition coefficient (Wildman–Crippen LogP) is 3.86. The number of anilines is 1. The number of sulfonamides is 1. The molecule has 0 aliphatic carbocycles. The molecule has 3 rings (SSSR count). The van der Waals surface area contributed by atoms with Crippen molar-refractivity contribution in [1.82, 2.24) is 4.72 Å². The largest absolute Gasteiger partial charge is 0.359 e. The van der Waals surface area contributed by atoms with Gasteiger partial charge in [-0.05, 0) is 63.3 Å². The molecule has 1 atom stereocenters. The molecule has 1 aliphatic heterocycles. The summed E-state index contributed by atoms with van der Waals surface area (Å²) in [5, 5.41) is 13.7. The molecule has 1 aromatic carbocycles. The maximum atomic E-state index is 12.6. The first-order valence-electron chi connectivity index (χ1n) is 8.65. The fraction of sp³-hybridized carbons (Fsp3) is 0.444. The van der Waals surface area contributed by atoms with Gasteiger partial charge in [-0.2, -0.15) is 0 Å². The molecule has 0 radical (unpaired) electrons. The lowest BCUT2D eigenvalue weighted by atomic mass is 10.0. The summed E-state index contributed by atoms with van der Waals surface area (Å²) in [4.78, 5) is 14.4. The Kier molecular flexibility index (Phi) is 5.04. The molecule has 0 fully saturated rings. The van der Waals surface area contributed by atoms with E-state index in [1.165, 1.54) is 16.5 Å². The summed E-state index contributed by atoms with van der Waals surface area (Å²) < 4.78 is 27.6. The fourth-order valence-corrected chi connectivity index (χ4v) is 5.76. The third-order valence-electron chi connectivity index (χ3n) is 4.48. The SMILES string of the molecule is C[C@H]1c2ccsc2CCN1c1ccc(S(=O)(=O)NC(C)(C)C)cc1[N+](=O)[O-]. The Balaban J connectivity index is 2.02. The van der Waals surface area contributed by atoms with E-state index in [0.29, 0.717) is 12.2 Å². The van der Waals surface area contributed by atoms with Crippen molar-refractivity contribution < 1.29 is 13.3 Å².